The molecule has 0 fully saturated rings. The summed E-state index contributed by atoms with van der Waals surface area (Å²) in [4.78, 5) is 38.8. The third-order valence-corrected chi connectivity index (χ3v) is 5.46. The fourth-order valence-corrected chi connectivity index (χ4v) is 4.00. The van der Waals surface area contributed by atoms with Crippen molar-refractivity contribution in [2.75, 3.05) is 6.61 Å². The molecule has 1 aliphatic carbocycles. The van der Waals surface area contributed by atoms with E-state index in [9.17, 15) is 14.4 Å². The van der Waals surface area contributed by atoms with Gasteiger partial charge in [0.05, 0.1) is 30.8 Å². The van der Waals surface area contributed by atoms with Crippen LogP contribution in [0.3, 0.4) is 0 Å². The van der Waals surface area contributed by atoms with Crippen LogP contribution >= 0.6 is 0 Å². The van der Waals surface area contributed by atoms with Gasteiger partial charge >= 0.3 is 0 Å². The predicted octanol–water partition coefficient (Wildman–Crippen LogP) is 4.01. The summed E-state index contributed by atoms with van der Waals surface area (Å²) in [6.07, 6.45) is -0.348. The number of ether oxygens (including phenoxy) is 2. The quantitative estimate of drug-likeness (QED) is 0.519. The van der Waals surface area contributed by atoms with Crippen LogP contribution in [0.25, 0.3) is 0 Å². The zero-order chi connectivity index (χ0) is 20.7. The van der Waals surface area contributed by atoms with Crippen LogP contribution in [0.5, 0.6) is 5.75 Å². The predicted molar refractivity (Wildman–Crippen MR) is 109 cm³/mol. The van der Waals surface area contributed by atoms with Crippen molar-refractivity contribution in [2.24, 2.45) is 0 Å². The second-order valence-corrected chi connectivity index (χ2v) is 7.44. The second-order valence-electron chi connectivity index (χ2n) is 7.44. The average molecular weight is 398 g/mol. The van der Waals surface area contributed by atoms with E-state index in [1.807, 2.05) is 30.3 Å². The molecule has 1 aliphatic heterocycles. The average Bonchev–Trinajstić information content (AvgIpc) is 2.77. The summed E-state index contributed by atoms with van der Waals surface area (Å²) in [5.74, 6) is -0.450. The van der Waals surface area contributed by atoms with E-state index >= 15 is 0 Å². The number of ketones is 3. The van der Waals surface area contributed by atoms with Crippen molar-refractivity contribution in [3.63, 3.8) is 0 Å². The molecule has 0 amide bonds. The molecule has 1 atom stereocenters. The third-order valence-electron chi connectivity index (χ3n) is 5.46. The molecular weight excluding hydrogens is 380 g/mol. The maximum Gasteiger partial charge on any atom is 0.198 e. The Morgan fingerprint density at radius 1 is 0.767 bits per heavy atom. The summed E-state index contributed by atoms with van der Waals surface area (Å²) in [5.41, 5.74) is 2.53. The molecular formula is C25H18O5. The monoisotopic (exact) mass is 398 g/mol. The number of Topliss-reactive ketones (excluding diaryl/α,β-unsaturated/α-hetero) is 1. The summed E-state index contributed by atoms with van der Waals surface area (Å²) in [6.45, 7) is 0.613. The van der Waals surface area contributed by atoms with Crippen molar-refractivity contribution in [1.82, 2.24) is 0 Å². The first-order valence-corrected chi connectivity index (χ1v) is 9.80. The molecule has 0 bridgehead atoms. The highest BCUT2D eigenvalue weighted by Crippen LogP contribution is 2.39. The van der Waals surface area contributed by atoms with Crippen LogP contribution < -0.4 is 4.74 Å². The van der Waals surface area contributed by atoms with Gasteiger partial charge in [-0.1, -0.05) is 54.6 Å². The van der Waals surface area contributed by atoms with Crippen molar-refractivity contribution in [3.05, 3.63) is 100 Å². The summed E-state index contributed by atoms with van der Waals surface area (Å²) in [6, 6.07) is 19.6. The maximum atomic E-state index is 13.2. The normalized spacial score (nSPS) is 17.1. The van der Waals surface area contributed by atoms with Gasteiger partial charge in [0.25, 0.3) is 0 Å². The minimum Gasteiger partial charge on any atom is -0.486 e. The highest BCUT2D eigenvalue weighted by molar-refractivity contribution is 6.30. The molecule has 0 radical (unpaired) electrons. The molecule has 2 aliphatic rings. The van der Waals surface area contributed by atoms with E-state index in [4.69, 9.17) is 9.47 Å². The number of hydrogen-bond acceptors (Lipinski definition) is 5. The van der Waals surface area contributed by atoms with Gasteiger partial charge in [-0.15, -0.1) is 0 Å². The molecule has 5 nitrogen and oxygen atoms in total. The fourth-order valence-electron chi connectivity index (χ4n) is 4.00. The van der Waals surface area contributed by atoms with Crippen molar-refractivity contribution >= 4 is 17.3 Å². The SMILES string of the molecule is O=C1CC(COCc2ccccc2)Oc2c1ccc1c2C(=O)c2ccccc2C1=O. The van der Waals surface area contributed by atoms with E-state index < -0.39 is 6.10 Å². The second kappa shape index (κ2) is 7.35. The first-order valence-electron chi connectivity index (χ1n) is 9.80. The molecule has 0 aromatic heterocycles. The molecule has 0 N–H and O–H groups in total. The van der Waals surface area contributed by atoms with Gasteiger partial charge in [-0.3, -0.25) is 14.4 Å². The number of fused-ring (bicyclic) bond motifs is 4. The first kappa shape index (κ1) is 18.5. The number of hydrogen-bond donors (Lipinski definition) is 0. The van der Waals surface area contributed by atoms with Crippen molar-refractivity contribution in [1.29, 1.82) is 0 Å². The van der Waals surface area contributed by atoms with Crippen LogP contribution in [0, 0.1) is 0 Å². The first-order chi connectivity index (χ1) is 14.6. The van der Waals surface area contributed by atoms with E-state index in [1.54, 1.807) is 36.4 Å². The minimum absolute atomic E-state index is 0.119. The molecule has 0 spiro atoms. The van der Waals surface area contributed by atoms with Gasteiger partial charge in [0.1, 0.15) is 11.9 Å². The molecule has 5 heteroatoms. The third kappa shape index (κ3) is 3.04. The molecule has 3 aromatic rings. The summed E-state index contributed by atoms with van der Waals surface area (Å²) in [7, 11) is 0. The lowest BCUT2D eigenvalue weighted by molar-refractivity contribution is 0.0302. The van der Waals surface area contributed by atoms with Gasteiger partial charge in [0, 0.05) is 16.7 Å². The van der Waals surface area contributed by atoms with Gasteiger partial charge in [-0.2, -0.15) is 0 Å². The molecule has 0 saturated carbocycles. The van der Waals surface area contributed by atoms with Crippen LogP contribution in [0.1, 0.15) is 54.2 Å². The van der Waals surface area contributed by atoms with Crippen LogP contribution in [-0.2, 0) is 11.3 Å². The number of benzene rings is 3. The molecule has 1 heterocycles. The number of carbonyl (C=O) groups excluding carboxylic acids is 3. The standard InChI is InChI=1S/C25H18O5/c26-21-12-16(14-29-13-15-6-2-1-3-7-15)30-25-19(21)10-11-20-22(25)24(28)18-9-5-4-8-17(18)23(20)27/h1-11,16H,12-14H2. The Labute approximate surface area is 173 Å². The van der Waals surface area contributed by atoms with Gasteiger partial charge in [0.15, 0.2) is 17.3 Å². The summed E-state index contributed by atoms with van der Waals surface area (Å²) >= 11 is 0. The molecule has 0 saturated heterocycles. The van der Waals surface area contributed by atoms with Crippen molar-refractivity contribution in [3.8, 4) is 5.75 Å². The Bertz CT molecular complexity index is 1180. The van der Waals surface area contributed by atoms with E-state index in [0.29, 0.717) is 23.3 Å². The van der Waals surface area contributed by atoms with Crippen LogP contribution in [0.2, 0.25) is 0 Å². The Morgan fingerprint density at radius 2 is 1.43 bits per heavy atom. The van der Waals surface area contributed by atoms with Crippen molar-refractivity contribution in [2.45, 2.75) is 19.1 Å². The molecule has 30 heavy (non-hydrogen) atoms. The van der Waals surface area contributed by atoms with Gasteiger partial charge in [0.2, 0.25) is 0 Å². The molecule has 3 aromatic carbocycles. The lowest BCUT2D eigenvalue weighted by Crippen LogP contribution is -2.33. The number of carbonyl (C=O) groups is 3. The minimum atomic E-state index is -0.514. The lowest BCUT2D eigenvalue weighted by atomic mass is 9.81. The summed E-state index contributed by atoms with van der Waals surface area (Å²) in [5, 5.41) is 0. The van der Waals surface area contributed by atoms with Crippen LogP contribution in [0.4, 0.5) is 0 Å². The topological polar surface area (TPSA) is 69.7 Å². The van der Waals surface area contributed by atoms with Gasteiger partial charge < -0.3 is 9.47 Å². The smallest absolute Gasteiger partial charge is 0.198 e. The van der Waals surface area contributed by atoms with E-state index in [0.717, 1.165) is 5.56 Å². The molecule has 1 unspecified atom stereocenters. The molecule has 5 rings (SSSR count). The van der Waals surface area contributed by atoms with E-state index in [-0.39, 0.29) is 47.3 Å². The van der Waals surface area contributed by atoms with Crippen LogP contribution in [0.15, 0.2) is 66.7 Å². The Kier molecular flexibility index (Phi) is 4.52. The molecule has 148 valence electrons. The van der Waals surface area contributed by atoms with Gasteiger partial charge in [-0.25, -0.2) is 0 Å². The van der Waals surface area contributed by atoms with Crippen molar-refractivity contribution < 1.29 is 23.9 Å². The highest BCUT2D eigenvalue weighted by atomic mass is 16.5. The maximum absolute atomic E-state index is 13.2. The van der Waals surface area contributed by atoms with E-state index in [1.165, 1.54) is 0 Å². The largest absolute Gasteiger partial charge is 0.486 e. The fraction of sp³-hybridized carbons (Fsp3) is 0.160. The van der Waals surface area contributed by atoms with Crippen LogP contribution in [-0.4, -0.2) is 30.1 Å². The lowest BCUT2D eigenvalue weighted by Gasteiger charge is -2.29. The van der Waals surface area contributed by atoms with Gasteiger partial charge in [-0.05, 0) is 17.7 Å². The Balaban J connectivity index is 1.44. The highest BCUT2D eigenvalue weighted by Gasteiger charge is 2.37. The Morgan fingerprint density at radius 3 is 2.20 bits per heavy atom. The zero-order valence-corrected chi connectivity index (χ0v) is 16.1. The summed E-state index contributed by atoms with van der Waals surface area (Å²) < 4.78 is 11.8. The number of rotatable bonds is 4. The zero-order valence-electron chi connectivity index (χ0n) is 16.1. The van der Waals surface area contributed by atoms with E-state index in [2.05, 4.69) is 0 Å². The Hall–Kier alpha value is -3.57.